The molecule has 0 bridgehead atoms. The minimum Gasteiger partial charge on any atom is -0.358 e. The molecule has 0 aliphatic heterocycles. The van der Waals surface area contributed by atoms with Gasteiger partial charge >= 0.3 is 0 Å². The zero-order chi connectivity index (χ0) is 14.0. The maximum absolute atomic E-state index is 8.75. The number of hydrogen-bond donors (Lipinski definition) is 0. The number of nitriles is 1. The first-order chi connectivity index (χ1) is 9.73. The van der Waals surface area contributed by atoms with Crippen molar-refractivity contribution in [3.8, 4) is 6.07 Å². The van der Waals surface area contributed by atoms with Crippen LogP contribution in [0.2, 0.25) is 0 Å². The zero-order valence-electron chi connectivity index (χ0n) is 11.5. The monoisotopic (exact) mass is 264 g/mol. The van der Waals surface area contributed by atoms with Gasteiger partial charge in [-0.15, -0.1) is 0 Å². The maximum atomic E-state index is 8.75. The first kappa shape index (κ1) is 12.6. The van der Waals surface area contributed by atoms with Gasteiger partial charge in [-0.05, 0) is 18.4 Å². The maximum Gasteiger partial charge on any atom is 0.158 e. The second kappa shape index (κ2) is 4.93. The lowest BCUT2D eigenvalue weighted by Gasteiger charge is -2.24. The highest BCUT2D eigenvalue weighted by Crippen LogP contribution is 2.48. The Kier molecular flexibility index (Phi) is 3.11. The molecule has 100 valence electrons. The average molecular weight is 264 g/mol. The van der Waals surface area contributed by atoms with Gasteiger partial charge in [0, 0.05) is 19.0 Å². The van der Waals surface area contributed by atoms with Crippen molar-refractivity contribution in [2.24, 2.45) is 0 Å². The molecule has 1 saturated carbocycles. The van der Waals surface area contributed by atoms with Gasteiger partial charge in [-0.3, -0.25) is 0 Å². The summed E-state index contributed by atoms with van der Waals surface area (Å²) in [5, 5.41) is 8.75. The Morgan fingerprint density at radius 3 is 2.50 bits per heavy atom. The average Bonchev–Trinajstić information content (AvgIpc) is 3.29. The Bertz CT molecular complexity index is 624. The van der Waals surface area contributed by atoms with Gasteiger partial charge in [0.25, 0.3) is 0 Å². The van der Waals surface area contributed by atoms with E-state index in [2.05, 4.69) is 45.2 Å². The van der Waals surface area contributed by atoms with Gasteiger partial charge in [0.2, 0.25) is 0 Å². The highest BCUT2D eigenvalue weighted by Gasteiger charge is 2.45. The SMILES string of the molecule is CN(CC1(c2ccccc2)CC1)c1cnc(C#N)cn1. The summed E-state index contributed by atoms with van der Waals surface area (Å²) in [5.41, 5.74) is 2.01. The van der Waals surface area contributed by atoms with Gasteiger partial charge in [0.1, 0.15) is 11.9 Å². The lowest BCUT2D eigenvalue weighted by atomic mass is 9.95. The number of rotatable bonds is 4. The van der Waals surface area contributed by atoms with E-state index >= 15 is 0 Å². The summed E-state index contributed by atoms with van der Waals surface area (Å²) in [7, 11) is 2.03. The Morgan fingerprint density at radius 2 is 1.95 bits per heavy atom. The smallest absolute Gasteiger partial charge is 0.158 e. The van der Waals surface area contributed by atoms with Crippen LogP contribution in [0, 0.1) is 11.3 Å². The number of nitrogens with zero attached hydrogens (tertiary/aromatic N) is 4. The molecule has 0 unspecified atom stereocenters. The van der Waals surface area contributed by atoms with Crippen LogP contribution < -0.4 is 4.90 Å². The summed E-state index contributed by atoms with van der Waals surface area (Å²) in [6, 6.07) is 12.6. The highest BCUT2D eigenvalue weighted by molar-refractivity contribution is 5.41. The fourth-order valence-electron chi connectivity index (χ4n) is 2.59. The number of anilines is 1. The number of likely N-dealkylation sites (N-methyl/N-ethyl adjacent to an activating group) is 1. The molecule has 4 heteroatoms. The minimum absolute atomic E-state index is 0.256. The van der Waals surface area contributed by atoms with Crippen LogP contribution in [-0.4, -0.2) is 23.6 Å². The summed E-state index contributed by atoms with van der Waals surface area (Å²) in [4.78, 5) is 10.5. The van der Waals surface area contributed by atoms with E-state index in [1.807, 2.05) is 13.1 Å². The van der Waals surface area contributed by atoms with E-state index < -0.39 is 0 Å². The lowest BCUT2D eigenvalue weighted by Crippen LogP contribution is -2.29. The molecule has 1 aromatic heterocycles. The molecule has 1 heterocycles. The fraction of sp³-hybridized carbons (Fsp3) is 0.312. The van der Waals surface area contributed by atoms with E-state index in [9.17, 15) is 0 Å². The number of benzene rings is 1. The molecule has 0 spiro atoms. The quantitative estimate of drug-likeness (QED) is 0.851. The van der Waals surface area contributed by atoms with Gasteiger partial charge in [0.15, 0.2) is 5.69 Å². The van der Waals surface area contributed by atoms with E-state index in [0.29, 0.717) is 5.69 Å². The second-order valence-electron chi connectivity index (χ2n) is 5.37. The Morgan fingerprint density at radius 1 is 1.20 bits per heavy atom. The molecule has 3 rings (SSSR count). The minimum atomic E-state index is 0.256. The van der Waals surface area contributed by atoms with E-state index in [1.165, 1.54) is 24.6 Å². The Hall–Kier alpha value is -2.41. The van der Waals surface area contributed by atoms with Crippen LogP contribution in [0.5, 0.6) is 0 Å². The van der Waals surface area contributed by atoms with Crippen LogP contribution in [0.15, 0.2) is 42.7 Å². The zero-order valence-corrected chi connectivity index (χ0v) is 11.5. The molecule has 2 aromatic rings. The summed E-state index contributed by atoms with van der Waals surface area (Å²) >= 11 is 0. The summed E-state index contributed by atoms with van der Waals surface area (Å²) in [5.74, 6) is 0.811. The van der Waals surface area contributed by atoms with E-state index in [-0.39, 0.29) is 5.41 Å². The normalized spacial score (nSPS) is 15.4. The van der Waals surface area contributed by atoms with Crippen LogP contribution in [0.25, 0.3) is 0 Å². The largest absolute Gasteiger partial charge is 0.358 e. The third-order valence-corrected chi connectivity index (χ3v) is 3.92. The molecule has 20 heavy (non-hydrogen) atoms. The molecule has 0 saturated heterocycles. The van der Waals surface area contributed by atoms with Gasteiger partial charge in [0.05, 0.1) is 12.4 Å². The summed E-state index contributed by atoms with van der Waals surface area (Å²) < 4.78 is 0. The Balaban J connectivity index is 1.76. The van der Waals surface area contributed by atoms with Crippen molar-refractivity contribution in [2.45, 2.75) is 18.3 Å². The third kappa shape index (κ3) is 2.35. The van der Waals surface area contributed by atoms with Crippen LogP contribution >= 0.6 is 0 Å². The molecule has 0 amide bonds. The first-order valence-electron chi connectivity index (χ1n) is 6.72. The predicted molar refractivity (Wildman–Crippen MR) is 77.4 cm³/mol. The molecule has 1 fully saturated rings. The lowest BCUT2D eigenvalue weighted by molar-refractivity contribution is 0.667. The van der Waals surface area contributed by atoms with Crippen molar-refractivity contribution in [3.63, 3.8) is 0 Å². The van der Waals surface area contributed by atoms with Gasteiger partial charge in [-0.25, -0.2) is 9.97 Å². The molecule has 1 aliphatic rings. The Labute approximate surface area is 118 Å². The fourth-order valence-corrected chi connectivity index (χ4v) is 2.59. The first-order valence-corrected chi connectivity index (χ1v) is 6.72. The molecule has 0 N–H and O–H groups in total. The van der Waals surface area contributed by atoms with Crippen LogP contribution in [0.4, 0.5) is 5.82 Å². The van der Waals surface area contributed by atoms with Crippen molar-refractivity contribution in [1.29, 1.82) is 5.26 Å². The van der Waals surface area contributed by atoms with Gasteiger partial charge in [-0.2, -0.15) is 5.26 Å². The van der Waals surface area contributed by atoms with E-state index in [0.717, 1.165) is 12.4 Å². The van der Waals surface area contributed by atoms with Crippen LogP contribution in [0.3, 0.4) is 0 Å². The molecule has 1 aromatic carbocycles. The highest BCUT2D eigenvalue weighted by atomic mass is 15.2. The van der Waals surface area contributed by atoms with E-state index in [4.69, 9.17) is 5.26 Å². The van der Waals surface area contributed by atoms with Gasteiger partial charge in [-0.1, -0.05) is 30.3 Å². The second-order valence-corrected chi connectivity index (χ2v) is 5.37. The predicted octanol–water partition coefficient (Wildman–Crippen LogP) is 2.52. The third-order valence-electron chi connectivity index (χ3n) is 3.92. The van der Waals surface area contributed by atoms with Crippen molar-refractivity contribution in [3.05, 3.63) is 54.0 Å². The van der Waals surface area contributed by atoms with Crippen molar-refractivity contribution < 1.29 is 0 Å². The molecule has 4 nitrogen and oxygen atoms in total. The van der Waals surface area contributed by atoms with Crippen molar-refractivity contribution in [2.75, 3.05) is 18.5 Å². The molecular weight excluding hydrogens is 248 g/mol. The topological polar surface area (TPSA) is 52.8 Å². The van der Waals surface area contributed by atoms with E-state index in [1.54, 1.807) is 6.20 Å². The molecule has 0 atom stereocenters. The molecule has 0 radical (unpaired) electrons. The molecule has 1 aliphatic carbocycles. The summed E-state index contributed by atoms with van der Waals surface area (Å²) in [6.45, 7) is 0.928. The van der Waals surface area contributed by atoms with Crippen LogP contribution in [-0.2, 0) is 5.41 Å². The number of aromatic nitrogens is 2. The van der Waals surface area contributed by atoms with Crippen molar-refractivity contribution >= 4 is 5.82 Å². The van der Waals surface area contributed by atoms with Crippen molar-refractivity contribution in [1.82, 2.24) is 9.97 Å². The van der Waals surface area contributed by atoms with Gasteiger partial charge < -0.3 is 4.90 Å². The van der Waals surface area contributed by atoms with Crippen LogP contribution in [0.1, 0.15) is 24.1 Å². The number of hydrogen-bond acceptors (Lipinski definition) is 4. The summed E-state index contributed by atoms with van der Waals surface area (Å²) in [6.07, 6.45) is 5.61. The standard InChI is InChI=1S/C16H16N4/c1-20(15-11-18-14(9-17)10-19-15)12-16(7-8-16)13-5-3-2-4-6-13/h2-6,10-11H,7-8,12H2,1H3. The molecular formula is C16H16N4.